The fourth-order valence-corrected chi connectivity index (χ4v) is 5.54. The maximum atomic E-state index is 13.6. The summed E-state index contributed by atoms with van der Waals surface area (Å²) in [4.78, 5) is 16.9. The molecule has 0 N–H and O–H groups in total. The molecule has 0 atom stereocenters. The largest absolute Gasteiger partial charge is 0.497 e. The average Bonchev–Trinajstić information content (AvgIpc) is 3.05. The summed E-state index contributed by atoms with van der Waals surface area (Å²) in [5, 5.41) is -0.0631. The quantitative estimate of drug-likeness (QED) is 0.457. The summed E-state index contributed by atoms with van der Waals surface area (Å²) in [6, 6.07) is 13.5. The molecule has 10 heteroatoms. The van der Waals surface area contributed by atoms with E-state index in [1.54, 1.807) is 49.6 Å². The molecule has 8 nitrogen and oxygen atoms in total. The highest BCUT2D eigenvalue weighted by molar-refractivity contribution is 7.91. The Morgan fingerprint density at radius 3 is 2.30 bits per heavy atom. The summed E-state index contributed by atoms with van der Waals surface area (Å²) in [6.07, 6.45) is 1.54. The summed E-state index contributed by atoms with van der Waals surface area (Å²) in [5.74, 6) is 0.196. The fraction of sp³-hybridized carbons (Fsp3) is 0.304. The van der Waals surface area contributed by atoms with Crippen LogP contribution in [0.1, 0.15) is 11.1 Å². The van der Waals surface area contributed by atoms with E-state index in [9.17, 15) is 13.2 Å². The molecule has 4 rings (SSSR count). The zero-order valence-corrected chi connectivity index (χ0v) is 20.1. The highest BCUT2D eigenvalue weighted by atomic mass is 32.2. The third kappa shape index (κ3) is 4.79. The second-order valence-electron chi connectivity index (χ2n) is 7.77. The lowest BCUT2D eigenvalue weighted by Crippen LogP contribution is -2.46. The maximum absolute atomic E-state index is 13.6. The van der Waals surface area contributed by atoms with Crippen molar-refractivity contribution in [1.29, 1.82) is 0 Å². The number of ether oxygens (including phenoxy) is 2. The van der Waals surface area contributed by atoms with Gasteiger partial charge in [0.2, 0.25) is 0 Å². The smallest absolute Gasteiger partial charge is 0.279 e. The van der Waals surface area contributed by atoms with E-state index < -0.39 is 15.9 Å². The molecule has 2 saturated heterocycles. The number of nitrogens with zero attached hydrogens (tertiary/aromatic N) is 3. The normalized spacial score (nSPS) is 18.9. The SMILES string of the molecule is COc1ccc(/C=C2/C(=O)N(CN3CCOCC3)C(=S)N2S(=O)(=O)c2ccc(C)cc2)cc1. The lowest BCUT2D eigenvalue weighted by Gasteiger charge is -2.30. The van der Waals surface area contributed by atoms with Crippen LogP contribution >= 0.6 is 12.2 Å². The Balaban J connectivity index is 1.75. The Kier molecular flexibility index (Phi) is 6.80. The van der Waals surface area contributed by atoms with Gasteiger partial charge in [-0.05, 0) is 55.0 Å². The maximum Gasteiger partial charge on any atom is 0.279 e. The van der Waals surface area contributed by atoms with Gasteiger partial charge in [-0.3, -0.25) is 14.6 Å². The van der Waals surface area contributed by atoms with E-state index in [1.165, 1.54) is 17.0 Å². The standard InChI is InChI=1S/C23H25N3O5S2/c1-17-3-9-20(10-4-17)33(28,29)26-21(15-18-5-7-19(30-2)8-6-18)22(27)25(23(26)32)16-24-11-13-31-14-12-24/h3-10,15H,11-14,16H2,1-2H3/b21-15-. The van der Waals surface area contributed by atoms with Gasteiger partial charge in [-0.15, -0.1) is 0 Å². The molecule has 1 amide bonds. The first kappa shape index (κ1) is 23.4. The minimum Gasteiger partial charge on any atom is -0.497 e. The highest BCUT2D eigenvalue weighted by Gasteiger charge is 2.45. The van der Waals surface area contributed by atoms with Crippen molar-refractivity contribution in [3.8, 4) is 5.75 Å². The minimum absolute atomic E-state index is 0.0148. The summed E-state index contributed by atoms with van der Waals surface area (Å²) in [7, 11) is -2.54. The molecule has 0 bridgehead atoms. The summed E-state index contributed by atoms with van der Waals surface area (Å²) in [6.45, 7) is 4.44. The van der Waals surface area contributed by atoms with E-state index in [1.807, 2.05) is 11.8 Å². The van der Waals surface area contributed by atoms with Crippen LogP contribution in [-0.4, -0.2) is 73.6 Å². The molecular weight excluding hydrogens is 462 g/mol. The first-order valence-electron chi connectivity index (χ1n) is 10.4. The number of aryl methyl sites for hydroxylation is 1. The Morgan fingerprint density at radius 1 is 1.06 bits per heavy atom. The van der Waals surface area contributed by atoms with Crippen LogP contribution in [0.2, 0.25) is 0 Å². The predicted molar refractivity (Wildman–Crippen MR) is 128 cm³/mol. The van der Waals surface area contributed by atoms with Crippen molar-refractivity contribution in [3.05, 3.63) is 65.4 Å². The molecule has 0 saturated carbocycles. The number of morpholine rings is 1. The Labute approximate surface area is 199 Å². The van der Waals surface area contributed by atoms with Crippen molar-refractivity contribution in [3.63, 3.8) is 0 Å². The number of methoxy groups -OCH3 is 1. The molecule has 2 aliphatic heterocycles. The minimum atomic E-state index is -4.10. The lowest BCUT2D eigenvalue weighted by atomic mass is 10.2. The number of rotatable bonds is 6. The molecule has 2 heterocycles. The molecule has 0 aliphatic carbocycles. The van der Waals surface area contributed by atoms with E-state index in [-0.39, 0.29) is 22.4 Å². The molecule has 2 aromatic carbocycles. The van der Waals surface area contributed by atoms with Crippen molar-refractivity contribution < 1.29 is 22.7 Å². The second kappa shape index (κ2) is 9.60. The van der Waals surface area contributed by atoms with E-state index in [4.69, 9.17) is 21.7 Å². The Morgan fingerprint density at radius 2 is 1.70 bits per heavy atom. The van der Waals surface area contributed by atoms with Crippen LogP contribution < -0.4 is 4.74 Å². The fourth-order valence-electron chi connectivity index (χ4n) is 3.62. The van der Waals surface area contributed by atoms with Gasteiger partial charge in [-0.2, -0.15) is 0 Å². The summed E-state index contributed by atoms with van der Waals surface area (Å²) < 4.78 is 38.7. The third-order valence-electron chi connectivity index (χ3n) is 5.51. The van der Waals surface area contributed by atoms with Crippen molar-refractivity contribution in [2.45, 2.75) is 11.8 Å². The van der Waals surface area contributed by atoms with Gasteiger partial charge in [-0.1, -0.05) is 29.8 Å². The summed E-state index contributed by atoms with van der Waals surface area (Å²) in [5.41, 5.74) is 1.57. The first-order chi connectivity index (χ1) is 15.8. The van der Waals surface area contributed by atoms with Gasteiger partial charge >= 0.3 is 0 Å². The van der Waals surface area contributed by atoms with Gasteiger partial charge in [0.1, 0.15) is 11.4 Å². The number of benzene rings is 2. The zero-order chi connectivity index (χ0) is 23.6. The predicted octanol–water partition coefficient (Wildman–Crippen LogP) is 2.45. The van der Waals surface area contributed by atoms with E-state index in [0.29, 0.717) is 37.6 Å². The number of hydrogen-bond donors (Lipinski definition) is 0. The number of carbonyl (C=O) groups is 1. The number of carbonyl (C=O) groups excluding carboxylic acids is 1. The van der Waals surface area contributed by atoms with E-state index >= 15 is 0 Å². The van der Waals surface area contributed by atoms with E-state index in [0.717, 1.165) is 9.87 Å². The number of amides is 1. The van der Waals surface area contributed by atoms with E-state index in [2.05, 4.69) is 0 Å². The van der Waals surface area contributed by atoms with Gasteiger partial charge < -0.3 is 9.47 Å². The van der Waals surface area contributed by atoms with Crippen LogP contribution in [0.4, 0.5) is 0 Å². The van der Waals surface area contributed by atoms with Crippen LogP contribution in [0.15, 0.2) is 59.1 Å². The monoisotopic (exact) mass is 487 g/mol. The van der Waals surface area contributed by atoms with Crippen LogP contribution in [0.25, 0.3) is 6.08 Å². The molecule has 0 radical (unpaired) electrons. The molecule has 0 spiro atoms. The molecule has 2 aromatic rings. The van der Waals surface area contributed by atoms with Crippen molar-refractivity contribution in [2.75, 3.05) is 40.1 Å². The van der Waals surface area contributed by atoms with Crippen molar-refractivity contribution >= 4 is 39.3 Å². The molecule has 2 aliphatic rings. The molecule has 33 heavy (non-hydrogen) atoms. The first-order valence-corrected chi connectivity index (χ1v) is 12.3. The number of thiocarbonyl (C=S) groups is 1. The van der Waals surface area contributed by atoms with Gasteiger partial charge in [-0.25, -0.2) is 12.7 Å². The van der Waals surface area contributed by atoms with Gasteiger partial charge in [0, 0.05) is 13.1 Å². The third-order valence-corrected chi connectivity index (χ3v) is 7.75. The molecular formula is C23H25N3O5S2. The van der Waals surface area contributed by atoms with Crippen molar-refractivity contribution in [1.82, 2.24) is 14.1 Å². The Hall–Kier alpha value is -2.79. The van der Waals surface area contributed by atoms with Crippen LogP contribution in [0.3, 0.4) is 0 Å². The second-order valence-corrected chi connectivity index (χ2v) is 9.92. The number of sulfonamides is 1. The van der Waals surface area contributed by atoms with Crippen LogP contribution in [-0.2, 0) is 19.6 Å². The zero-order valence-electron chi connectivity index (χ0n) is 18.4. The number of hydrogen-bond acceptors (Lipinski definition) is 7. The van der Waals surface area contributed by atoms with Gasteiger partial charge in [0.25, 0.3) is 15.9 Å². The molecule has 2 fully saturated rings. The van der Waals surface area contributed by atoms with Gasteiger partial charge in [0.05, 0.1) is 31.9 Å². The topological polar surface area (TPSA) is 79.4 Å². The highest BCUT2D eigenvalue weighted by Crippen LogP contribution is 2.31. The molecule has 174 valence electrons. The summed E-state index contributed by atoms with van der Waals surface area (Å²) >= 11 is 5.55. The lowest BCUT2D eigenvalue weighted by molar-refractivity contribution is -0.124. The molecule has 0 unspecified atom stereocenters. The molecule has 0 aromatic heterocycles. The van der Waals surface area contributed by atoms with Crippen LogP contribution in [0.5, 0.6) is 5.75 Å². The average molecular weight is 488 g/mol. The van der Waals surface area contributed by atoms with Crippen molar-refractivity contribution in [2.24, 2.45) is 0 Å². The Bertz CT molecular complexity index is 1170. The van der Waals surface area contributed by atoms with Gasteiger partial charge in [0.15, 0.2) is 5.11 Å². The van der Waals surface area contributed by atoms with Crippen LogP contribution in [0, 0.1) is 6.92 Å².